The minimum atomic E-state index is -0.0818. The van der Waals surface area contributed by atoms with Crippen LogP contribution in [0, 0.1) is 0 Å². The van der Waals surface area contributed by atoms with Crippen LogP contribution in [0.1, 0.15) is 25.7 Å². The van der Waals surface area contributed by atoms with Crippen LogP contribution in [0.3, 0.4) is 0 Å². The van der Waals surface area contributed by atoms with Crippen LogP contribution in [0.2, 0.25) is 0 Å². The summed E-state index contributed by atoms with van der Waals surface area (Å²) in [6.07, 6.45) is 6.55. The maximum absolute atomic E-state index is 11.6. The Hall–Kier alpha value is -1.09. The van der Waals surface area contributed by atoms with Crippen LogP contribution in [0.4, 0.5) is 0 Å². The van der Waals surface area contributed by atoms with Gasteiger partial charge in [-0.05, 0) is 42.2 Å². The molecule has 0 spiro atoms. The number of rotatable bonds is 13. The maximum atomic E-state index is 11.6. The molecule has 1 amide bonds. The number of amides is 1. The van der Waals surface area contributed by atoms with Gasteiger partial charge in [-0.25, -0.2) is 10.4 Å². The monoisotopic (exact) mass is 357 g/mol. The molecule has 8 heteroatoms. The molecule has 128 valence electrons. The van der Waals surface area contributed by atoms with E-state index in [-0.39, 0.29) is 12.5 Å². The summed E-state index contributed by atoms with van der Waals surface area (Å²) in [5.74, 6) is 0.631. The molecular weight excluding hydrogens is 334 g/mol. The smallest absolute Gasteiger partial charge is 0.240 e. The van der Waals surface area contributed by atoms with Crippen LogP contribution < -0.4 is 5.43 Å². The average molecular weight is 358 g/mol. The van der Waals surface area contributed by atoms with Crippen molar-refractivity contribution in [3.05, 3.63) is 24.4 Å². The number of hydrazone groups is 1. The van der Waals surface area contributed by atoms with Gasteiger partial charge in [-0.2, -0.15) is 5.10 Å². The van der Waals surface area contributed by atoms with Crippen molar-refractivity contribution >= 4 is 33.7 Å². The summed E-state index contributed by atoms with van der Waals surface area (Å²) in [6, 6.07) is 5.76. The van der Waals surface area contributed by atoms with Gasteiger partial charge < -0.3 is 9.84 Å². The van der Waals surface area contributed by atoms with E-state index < -0.39 is 0 Å². The van der Waals surface area contributed by atoms with E-state index in [4.69, 9.17) is 9.84 Å². The van der Waals surface area contributed by atoms with Crippen molar-refractivity contribution in [2.45, 2.75) is 30.7 Å². The number of carbonyl (C=O) groups excluding carboxylic acids is 1. The Morgan fingerprint density at radius 3 is 3.09 bits per heavy atom. The largest absolute Gasteiger partial charge is 0.394 e. The number of aliphatic hydroxyl groups is 1. The lowest BCUT2D eigenvalue weighted by atomic mass is 10.2. The summed E-state index contributed by atoms with van der Waals surface area (Å²) in [7, 11) is 3.17. The van der Waals surface area contributed by atoms with Crippen molar-refractivity contribution in [2.24, 2.45) is 5.10 Å². The first-order chi connectivity index (χ1) is 11.3. The van der Waals surface area contributed by atoms with Gasteiger partial charge in [0.05, 0.1) is 13.2 Å². The summed E-state index contributed by atoms with van der Waals surface area (Å²) in [6.45, 7) is 1.10. The predicted molar refractivity (Wildman–Crippen MR) is 95.6 cm³/mol. The van der Waals surface area contributed by atoms with E-state index in [9.17, 15) is 4.79 Å². The number of ether oxygens (including phenoxy) is 1. The highest BCUT2D eigenvalue weighted by molar-refractivity contribution is 8.76. The van der Waals surface area contributed by atoms with Gasteiger partial charge in [-0.15, -0.1) is 0 Å². The lowest BCUT2D eigenvalue weighted by Gasteiger charge is -2.01. The van der Waals surface area contributed by atoms with Crippen molar-refractivity contribution in [3.8, 4) is 0 Å². The molecule has 6 nitrogen and oxygen atoms in total. The van der Waals surface area contributed by atoms with E-state index in [2.05, 4.69) is 15.5 Å². The Morgan fingerprint density at radius 2 is 2.30 bits per heavy atom. The van der Waals surface area contributed by atoms with Gasteiger partial charge in [0.15, 0.2) is 0 Å². The number of hydrogen-bond donors (Lipinski definition) is 2. The quantitative estimate of drug-likeness (QED) is 0.244. The second kappa shape index (κ2) is 14.5. The van der Waals surface area contributed by atoms with E-state index in [1.54, 1.807) is 34.0 Å². The summed E-state index contributed by atoms with van der Waals surface area (Å²) >= 11 is 0. The highest BCUT2D eigenvalue weighted by Crippen LogP contribution is 2.29. The number of carbonyl (C=O) groups is 1. The van der Waals surface area contributed by atoms with Crippen molar-refractivity contribution in [2.75, 3.05) is 25.6 Å². The van der Waals surface area contributed by atoms with Crippen LogP contribution in [0.5, 0.6) is 0 Å². The van der Waals surface area contributed by atoms with E-state index in [1.165, 1.54) is 0 Å². The third-order valence-corrected chi connectivity index (χ3v) is 4.85. The van der Waals surface area contributed by atoms with Gasteiger partial charge in [0.2, 0.25) is 5.91 Å². The van der Waals surface area contributed by atoms with Gasteiger partial charge in [0.25, 0.3) is 0 Å². The van der Waals surface area contributed by atoms with Crippen molar-refractivity contribution < 1.29 is 14.6 Å². The van der Waals surface area contributed by atoms with Crippen LogP contribution in [-0.4, -0.2) is 47.8 Å². The molecule has 0 aliphatic carbocycles. The Labute approximate surface area is 144 Å². The molecule has 0 bridgehead atoms. The minimum absolute atomic E-state index is 0.0616. The molecule has 0 fully saturated rings. The molecule has 0 saturated carbocycles. The SMILES string of the molecule is O=C(CCSSc1ccccn1)N/N=C/CCCCOCCO. The van der Waals surface area contributed by atoms with Gasteiger partial charge in [0.1, 0.15) is 5.03 Å². The number of pyridine rings is 1. The summed E-state index contributed by atoms with van der Waals surface area (Å²) in [5, 5.41) is 13.4. The molecule has 1 aromatic heterocycles. The number of nitrogens with zero attached hydrogens (tertiary/aromatic N) is 2. The molecule has 0 radical (unpaired) electrons. The Kier molecular flexibility index (Phi) is 12.6. The fourth-order valence-corrected chi connectivity index (χ4v) is 3.35. The lowest BCUT2D eigenvalue weighted by molar-refractivity contribution is -0.120. The van der Waals surface area contributed by atoms with Crippen LogP contribution >= 0.6 is 21.6 Å². The third kappa shape index (κ3) is 12.1. The predicted octanol–water partition coefficient (Wildman–Crippen LogP) is 2.49. The van der Waals surface area contributed by atoms with Gasteiger partial charge in [-0.1, -0.05) is 16.9 Å². The second-order valence-electron chi connectivity index (χ2n) is 4.50. The molecule has 0 unspecified atom stereocenters. The van der Waals surface area contributed by atoms with Gasteiger partial charge in [0, 0.05) is 31.2 Å². The highest BCUT2D eigenvalue weighted by atomic mass is 33.1. The standard InChI is InChI=1S/C15H23N3O3S2/c19-10-12-21-11-5-1-3-9-17-18-14(20)7-13-22-23-15-6-2-4-8-16-15/h2,4,6,8-9,19H,1,3,5,7,10-13H2,(H,18,20)/b17-9+. The summed E-state index contributed by atoms with van der Waals surface area (Å²) in [5.41, 5.74) is 2.52. The van der Waals surface area contributed by atoms with Crippen LogP contribution in [0.25, 0.3) is 0 Å². The molecular formula is C15H23N3O3S2. The fraction of sp³-hybridized carbons (Fsp3) is 0.533. The number of nitrogens with one attached hydrogen (secondary N) is 1. The Balaban J connectivity index is 1.92. The number of hydrogen-bond acceptors (Lipinski definition) is 7. The number of unbranched alkanes of at least 4 members (excludes halogenated alkanes) is 2. The zero-order valence-corrected chi connectivity index (χ0v) is 14.7. The molecule has 2 N–H and O–H groups in total. The zero-order chi connectivity index (χ0) is 16.6. The lowest BCUT2D eigenvalue weighted by Crippen LogP contribution is -2.17. The average Bonchev–Trinajstić information content (AvgIpc) is 2.58. The van der Waals surface area contributed by atoms with Gasteiger partial charge >= 0.3 is 0 Å². The second-order valence-corrected chi connectivity index (χ2v) is 6.94. The molecule has 1 aromatic rings. The zero-order valence-electron chi connectivity index (χ0n) is 13.0. The normalized spacial score (nSPS) is 11.0. The molecule has 1 heterocycles. The molecule has 0 aromatic carbocycles. The molecule has 23 heavy (non-hydrogen) atoms. The first-order valence-electron chi connectivity index (χ1n) is 7.52. The maximum Gasteiger partial charge on any atom is 0.240 e. The third-order valence-electron chi connectivity index (χ3n) is 2.58. The van der Waals surface area contributed by atoms with E-state index >= 15 is 0 Å². The van der Waals surface area contributed by atoms with Crippen molar-refractivity contribution in [3.63, 3.8) is 0 Å². The van der Waals surface area contributed by atoms with E-state index in [1.807, 2.05) is 18.2 Å². The van der Waals surface area contributed by atoms with E-state index in [0.29, 0.717) is 25.4 Å². The molecule has 0 aliphatic rings. The summed E-state index contributed by atoms with van der Waals surface area (Å²) in [4.78, 5) is 15.7. The van der Waals surface area contributed by atoms with Gasteiger partial charge in [-0.3, -0.25) is 4.79 Å². The van der Waals surface area contributed by atoms with Crippen LogP contribution in [-0.2, 0) is 9.53 Å². The molecule has 0 aliphatic heterocycles. The molecule has 0 atom stereocenters. The Bertz CT molecular complexity index is 447. The molecule has 1 rings (SSSR count). The first kappa shape index (κ1) is 20.0. The van der Waals surface area contributed by atoms with Crippen LogP contribution in [0.15, 0.2) is 34.5 Å². The summed E-state index contributed by atoms with van der Waals surface area (Å²) < 4.78 is 5.14. The number of aromatic nitrogens is 1. The van der Waals surface area contributed by atoms with Crippen molar-refractivity contribution in [1.29, 1.82) is 0 Å². The van der Waals surface area contributed by atoms with Crippen molar-refractivity contribution in [1.82, 2.24) is 10.4 Å². The highest BCUT2D eigenvalue weighted by Gasteiger charge is 2.01. The number of aliphatic hydroxyl groups excluding tert-OH is 1. The minimum Gasteiger partial charge on any atom is -0.394 e. The first-order valence-corrected chi connectivity index (χ1v) is 9.84. The Morgan fingerprint density at radius 1 is 1.39 bits per heavy atom. The fourth-order valence-electron chi connectivity index (χ4n) is 1.48. The molecule has 0 saturated heterocycles. The topological polar surface area (TPSA) is 83.8 Å². The van der Waals surface area contributed by atoms with E-state index in [0.717, 1.165) is 24.3 Å².